The molecule has 13 heteroatoms. The zero-order valence-corrected chi connectivity index (χ0v) is 25.6. The second-order valence-corrected chi connectivity index (χ2v) is 9.74. The maximum atomic E-state index is 12.6. The minimum atomic E-state index is -0.514. The lowest BCUT2D eigenvalue weighted by Crippen LogP contribution is -2.45. The van der Waals surface area contributed by atoms with Crippen molar-refractivity contribution in [1.82, 2.24) is 9.80 Å². The maximum absolute atomic E-state index is 12.6. The quantitative estimate of drug-likeness (QED) is 0.135. The van der Waals surface area contributed by atoms with Crippen LogP contribution in [0.15, 0.2) is 0 Å². The van der Waals surface area contributed by atoms with Crippen LogP contribution in [-0.4, -0.2) is 139 Å². The summed E-state index contributed by atoms with van der Waals surface area (Å²) in [6.07, 6.45) is -0.714. The van der Waals surface area contributed by atoms with Crippen molar-refractivity contribution in [2.45, 2.75) is 62.9 Å². The standard InChI is InChI=1S/C30H44N2O11/c1-37-23-9-5-7-15-31(21-25(23)39-3)27(33)11-13-29(35)42-19-17-41-18-20-43-30(36)14-12-28(34)32-16-8-6-10-24(38-2)26(22-32)40-4/h23-26H,7-8,11-22H2,1-4H3/t23-,24-,25-,26-/m0/s1. The summed E-state index contributed by atoms with van der Waals surface area (Å²) in [6.45, 7) is 1.76. The van der Waals surface area contributed by atoms with Gasteiger partial charge in [0.1, 0.15) is 37.6 Å². The smallest absolute Gasteiger partial charge is 0.306 e. The monoisotopic (exact) mass is 608 g/mol. The van der Waals surface area contributed by atoms with Crippen LogP contribution in [-0.2, 0) is 52.3 Å². The van der Waals surface area contributed by atoms with Gasteiger partial charge in [-0.2, -0.15) is 0 Å². The molecule has 4 atom stereocenters. The van der Waals surface area contributed by atoms with Crippen molar-refractivity contribution in [3.63, 3.8) is 0 Å². The second-order valence-electron chi connectivity index (χ2n) is 9.74. The zero-order chi connectivity index (χ0) is 31.5. The number of hydrogen-bond acceptors (Lipinski definition) is 11. The Balaban J connectivity index is 1.55. The molecule has 0 spiro atoms. The van der Waals surface area contributed by atoms with Gasteiger partial charge in [0.15, 0.2) is 0 Å². The van der Waals surface area contributed by atoms with Gasteiger partial charge in [-0.1, -0.05) is 23.7 Å². The molecule has 2 rings (SSSR count). The Morgan fingerprint density at radius 2 is 1.02 bits per heavy atom. The van der Waals surface area contributed by atoms with Gasteiger partial charge in [-0.3, -0.25) is 19.2 Å². The molecular weight excluding hydrogens is 564 g/mol. The first-order valence-electron chi connectivity index (χ1n) is 14.3. The topological polar surface area (TPSA) is 139 Å². The average molecular weight is 609 g/mol. The molecule has 240 valence electrons. The molecule has 2 heterocycles. The van der Waals surface area contributed by atoms with Gasteiger partial charge in [0.2, 0.25) is 11.8 Å². The zero-order valence-electron chi connectivity index (χ0n) is 25.6. The molecule has 13 nitrogen and oxygen atoms in total. The Kier molecular flexibility index (Phi) is 17.3. The highest BCUT2D eigenvalue weighted by molar-refractivity contribution is 5.82. The van der Waals surface area contributed by atoms with Gasteiger partial charge < -0.3 is 43.0 Å². The Hall–Kier alpha value is -3.20. The van der Waals surface area contributed by atoms with Crippen molar-refractivity contribution in [3.05, 3.63) is 0 Å². The van der Waals surface area contributed by atoms with E-state index in [0.717, 1.165) is 0 Å². The van der Waals surface area contributed by atoms with Gasteiger partial charge in [0.25, 0.3) is 0 Å². The number of nitrogens with zero attached hydrogens (tertiary/aromatic N) is 2. The van der Waals surface area contributed by atoms with E-state index >= 15 is 0 Å². The van der Waals surface area contributed by atoms with Gasteiger partial charge >= 0.3 is 11.9 Å². The molecule has 0 aromatic rings. The van der Waals surface area contributed by atoms with Crippen LogP contribution in [0.4, 0.5) is 0 Å². The molecule has 0 radical (unpaired) electrons. The van der Waals surface area contributed by atoms with Crippen LogP contribution in [0, 0.1) is 23.7 Å². The predicted molar refractivity (Wildman–Crippen MR) is 152 cm³/mol. The lowest BCUT2D eigenvalue weighted by atomic mass is 10.1. The third kappa shape index (κ3) is 13.3. The summed E-state index contributed by atoms with van der Waals surface area (Å²) in [5.74, 6) is 10.5. The Bertz CT molecular complexity index is 949. The van der Waals surface area contributed by atoms with Crippen molar-refractivity contribution in [2.75, 3.05) is 81.0 Å². The second kappa shape index (κ2) is 20.7. The molecule has 0 saturated heterocycles. The predicted octanol–water partition coefficient (Wildman–Crippen LogP) is 0.181. The van der Waals surface area contributed by atoms with E-state index in [1.54, 1.807) is 38.2 Å². The summed E-state index contributed by atoms with van der Waals surface area (Å²) < 4.78 is 37.1. The molecule has 2 amide bonds. The summed E-state index contributed by atoms with van der Waals surface area (Å²) in [5.41, 5.74) is 0. The highest BCUT2D eigenvalue weighted by Gasteiger charge is 2.27. The van der Waals surface area contributed by atoms with Crippen LogP contribution < -0.4 is 0 Å². The molecule has 2 aliphatic heterocycles. The van der Waals surface area contributed by atoms with Crippen LogP contribution in [0.3, 0.4) is 0 Å². The number of carbonyl (C=O) groups excluding carboxylic acids is 4. The van der Waals surface area contributed by atoms with Crippen molar-refractivity contribution in [2.24, 2.45) is 0 Å². The number of esters is 2. The summed E-state index contributed by atoms with van der Waals surface area (Å²) in [7, 11) is 6.17. The van der Waals surface area contributed by atoms with Crippen molar-refractivity contribution >= 4 is 23.8 Å². The number of ether oxygens (including phenoxy) is 7. The molecular formula is C30H44N2O11. The molecule has 0 N–H and O–H groups in total. The number of rotatable bonds is 16. The van der Waals surface area contributed by atoms with Gasteiger partial charge in [0.05, 0.1) is 39.1 Å². The first kappa shape index (κ1) is 36.0. The van der Waals surface area contributed by atoms with E-state index in [0.29, 0.717) is 39.0 Å². The fourth-order valence-electron chi connectivity index (χ4n) is 4.40. The number of amides is 2. The van der Waals surface area contributed by atoms with E-state index in [9.17, 15) is 19.2 Å². The van der Waals surface area contributed by atoms with Gasteiger partial charge in [0, 0.05) is 67.2 Å². The number of methoxy groups -OCH3 is 4. The van der Waals surface area contributed by atoms with Crippen molar-refractivity contribution < 1.29 is 52.3 Å². The van der Waals surface area contributed by atoms with E-state index in [2.05, 4.69) is 23.7 Å². The molecule has 0 saturated carbocycles. The van der Waals surface area contributed by atoms with Crippen LogP contribution in [0.1, 0.15) is 38.5 Å². The van der Waals surface area contributed by atoms with Crippen molar-refractivity contribution in [1.29, 1.82) is 0 Å². The lowest BCUT2D eigenvalue weighted by Gasteiger charge is -2.30. The number of carbonyl (C=O) groups is 4. The maximum Gasteiger partial charge on any atom is 0.306 e. The summed E-state index contributed by atoms with van der Waals surface area (Å²) >= 11 is 0. The lowest BCUT2D eigenvalue weighted by molar-refractivity contribution is -0.149. The third-order valence-electron chi connectivity index (χ3n) is 6.86. The molecule has 0 bridgehead atoms. The highest BCUT2D eigenvalue weighted by atomic mass is 16.6. The first-order chi connectivity index (χ1) is 20.8. The van der Waals surface area contributed by atoms with E-state index in [1.807, 2.05) is 0 Å². The van der Waals surface area contributed by atoms with Crippen molar-refractivity contribution in [3.8, 4) is 23.7 Å². The molecule has 2 aliphatic rings. The molecule has 43 heavy (non-hydrogen) atoms. The Labute approximate surface area is 253 Å². The minimum Gasteiger partial charge on any atom is -0.463 e. The van der Waals surface area contributed by atoms with E-state index in [-0.39, 0.29) is 76.1 Å². The van der Waals surface area contributed by atoms with Gasteiger partial charge in [-0.15, -0.1) is 0 Å². The fourth-order valence-corrected chi connectivity index (χ4v) is 4.40. The highest BCUT2D eigenvalue weighted by Crippen LogP contribution is 2.12. The summed E-state index contributed by atoms with van der Waals surface area (Å²) in [6, 6.07) is 0. The fraction of sp³-hybridized carbons (Fsp3) is 0.733. The summed E-state index contributed by atoms with van der Waals surface area (Å²) in [5, 5.41) is 0. The van der Waals surface area contributed by atoms with Gasteiger partial charge in [-0.05, 0) is 0 Å². The van der Waals surface area contributed by atoms with Gasteiger partial charge in [-0.25, -0.2) is 0 Å². The van der Waals surface area contributed by atoms with Crippen LogP contribution in [0.2, 0.25) is 0 Å². The molecule has 0 unspecified atom stereocenters. The molecule has 0 aromatic carbocycles. The number of hydrogen-bond donors (Lipinski definition) is 0. The van der Waals surface area contributed by atoms with E-state index in [1.165, 1.54) is 0 Å². The van der Waals surface area contributed by atoms with E-state index < -0.39 is 24.1 Å². The third-order valence-corrected chi connectivity index (χ3v) is 6.86. The van der Waals surface area contributed by atoms with Crippen LogP contribution in [0.5, 0.6) is 0 Å². The summed E-state index contributed by atoms with van der Waals surface area (Å²) in [4.78, 5) is 52.6. The van der Waals surface area contributed by atoms with Crippen LogP contribution >= 0.6 is 0 Å². The Morgan fingerprint density at radius 3 is 1.40 bits per heavy atom. The van der Waals surface area contributed by atoms with E-state index in [4.69, 9.17) is 33.2 Å². The van der Waals surface area contributed by atoms with Crippen LogP contribution in [0.25, 0.3) is 0 Å². The average Bonchev–Trinajstić information content (AvgIpc) is 2.98. The normalized spacial score (nSPS) is 22.0. The Morgan fingerprint density at radius 1 is 0.605 bits per heavy atom. The molecule has 0 aromatic heterocycles. The minimum absolute atomic E-state index is 0.00263. The molecule has 0 fully saturated rings. The SMILES string of the molecule is CO[C@H]1C#CCCN(C(=O)CCC(=O)OCCOCCOC(=O)CCC(=O)N2CCC#C[C@H](OC)[C@@H](OC)C2)C[C@@H]1OC. The largest absolute Gasteiger partial charge is 0.463 e. The molecule has 0 aliphatic carbocycles. The first-order valence-corrected chi connectivity index (χ1v) is 14.3.